The minimum atomic E-state index is -0.457. The Morgan fingerprint density at radius 1 is 1.21 bits per heavy atom. The Bertz CT molecular complexity index is 439. The quantitative estimate of drug-likeness (QED) is 0.825. The van der Waals surface area contributed by atoms with Gasteiger partial charge in [0, 0.05) is 17.6 Å². The van der Waals surface area contributed by atoms with E-state index in [9.17, 15) is 5.11 Å². The second kappa shape index (κ2) is 6.08. The lowest BCUT2D eigenvalue weighted by molar-refractivity contribution is 0.149. The van der Waals surface area contributed by atoms with E-state index in [-0.39, 0.29) is 12.0 Å². The van der Waals surface area contributed by atoms with Crippen LogP contribution in [0.2, 0.25) is 0 Å². The van der Waals surface area contributed by atoms with Gasteiger partial charge in [-0.05, 0) is 38.0 Å². The van der Waals surface area contributed by atoms with Crippen LogP contribution in [-0.4, -0.2) is 18.3 Å². The lowest BCUT2D eigenvalue weighted by Crippen LogP contribution is -2.29. The molecule has 3 nitrogen and oxygen atoms in total. The number of rotatable bonds is 6. The molecule has 0 spiro atoms. The van der Waals surface area contributed by atoms with Crippen molar-refractivity contribution in [2.75, 3.05) is 18.5 Å². The van der Waals surface area contributed by atoms with Crippen LogP contribution in [0.25, 0.3) is 0 Å². The van der Waals surface area contributed by atoms with Crippen LogP contribution in [-0.2, 0) is 5.41 Å². The minimum Gasteiger partial charge on any atom is -0.396 e. The molecule has 0 saturated carbocycles. The summed E-state index contributed by atoms with van der Waals surface area (Å²) in [7, 11) is 0. The van der Waals surface area contributed by atoms with Crippen LogP contribution >= 0.6 is 0 Å². The highest BCUT2D eigenvalue weighted by molar-refractivity contribution is 5.47. The smallest absolute Gasteiger partial charge is 0.0766 e. The van der Waals surface area contributed by atoms with Crippen molar-refractivity contribution < 1.29 is 5.11 Å². The van der Waals surface area contributed by atoms with Gasteiger partial charge in [0.1, 0.15) is 0 Å². The SMILES string of the molecule is CCC(C)(CO)CNc1ccc(C(C)(C)C#N)cc1. The predicted octanol–water partition coefficient (Wildman–Crippen LogP) is 3.31. The van der Waals surface area contributed by atoms with E-state index in [1.807, 2.05) is 38.1 Å². The van der Waals surface area contributed by atoms with Crippen molar-refractivity contribution in [2.45, 2.75) is 39.5 Å². The summed E-state index contributed by atoms with van der Waals surface area (Å²) in [5, 5.41) is 21.8. The van der Waals surface area contributed by atoms with Gasteiger partial charge < -0.3 is 10.4 Å². The molecule has 0 aliphatic heterocycles. The van der Waals surface area contributed by atoms with E-state index in [0.717, 1.165) is 24.2 Å². The maximum atomic E-state index is 9.37. The highest BCUT2D eigenvalue weighted by Gasteiger charge is 2.21. The fourth-order valence-corrected chi connectivity index (χ4v) is 1.68. The third kappa shape index (κ3) is 3.97. The standard InChI is InChI=1S/C16H24N2O/c1-5-16(4,12-19)11-18-14-8-6-13(7-9-14)15(2,3)10-17/h6-9,18-19H,5,11-12H2,1-4H3. The molecule has 1 rings (SSSR count). The van der Waals surface area contributed by atoms with Crippen LogP contribution in [0.1, 0.15) is 39.7 Å². The average molecular weight is 260 g/mol. The second-order valence-electron chi connectivity index (χ2n) is 5.99. The van der Waals surface area contributed by atoms with Gasteiger partial charge in [-0.2, -0.15) is 5.26 Å². The third-order valence-electron chi connectivity index (χ3n) is 3.84. The minimum absolute atomic E-state index is 0.0927. The number of hydrogen-bond donors (Lipinski definition) is 2. The van der Waals surface area contributed by atoms with Crippen molar-refractivity contribution in [3.05, 3.63) is 29.8 Å². The summed E-state index contributed by atoms with van der Waals surface area (Å²) in [5.41, 5.74) is 1.48. The maximum absolute atomic E-state index is 9.37. The van der Waals surface area contributed by atoms with Crippen LogP contribution in [0, 0.1) is 16.7 Å². The second-order valence-corrected chi connectivity index (χ2v) is 5.99. The van der Waals surface area contributed by atoms with Gasteiger partial charge in [-0.3, -0.25) is 0 Å². The molecule has 0 bridgehead atoms. The monoisotopic (exact) mass is 260 g/mol. The van der Waals surface area contributed by atoms with Gasteiger partial charge >= 0.3 is 0 Å². The normalized spacial score (nSPS) is 14.5. The molecular weight excluding hydrogens is 236 g/mol. The first-order valence-electron chi connectivity index (χ1n) is 6.73. The van der Waals surface area contributed by atoms with Gasteiger partial charge in [-0.1, -0.05) is 26.0 Å². The summed E-state index contributed by atoms with van der Waals surface area (Å²) >= 11 is 0. The Balaban J connectivity index is 2.71. The summed E-state index contributed by atoms with van der Waals surface area (Å²) in [6, 6.07) is 10.2. The van der Waals surface area contributed by atoms with Gasteiger partial charge in [0.15, 0.2) is 0 Å². The zero-order valence-corrected chi connectivity index (χ0v) is 12.3. The van der Waals surface area contributed by atoms with E-state index in [4.69, 9.17) is 5.26 Å². The zero-order chi connectivity index (χ0) is 14.5. The van der Waals surface area contributed by atoms with Crippen LogP contribution in [0.15, 0.2) is 24.3 Å². The largest absolute Gasteiger partial charge is 0.396 e. The Morgan fingerprint density at radius 3 is 2.21 bits per heavy atom. The van der Waals surface area contributed by atoms with Crippen molar-refractivity contribution in [1.82, 2.24) is 0 Å². The summed E-state index contributed by atoms with van der Waals surface area (Å²) in [6.07, 6.45) is 0.927. The van der Waals surface area contributed by atoms with Gasteiger partial charge in [-0.15, -0.1) is 0 Å². The highest BCUT2D eigenvalue weighted by atomic mass is 16.3. The molecule has 0 aromatic heterocycles. The van der Waals surface area contributed by atoms with Crippen LogP contribution in [0.5, 0.6) is 0 Å². The Morgan fingerprint density at radius 2 is 1.79 bits per heavy atom. The number of nitrogens with one attached hydrogen (secondary N) is 1. The molecule has 3 heteroatoms. The Labute approximate surface area is 116 Å². The van der Waals surface area contributed by atoms with Crippen LogP contribution < -0.4 is 5.32 Å². The van der Waals surface area contributed by atoms with Crippen molar-refractivity contribution in [3.63, 3.8) is 0 Å². The third-order valence-corrected chi connectivity index (χ3v) is 3.84. The molecule has 104 valence electrons. The predicted molar refractivity (Wildman–Crippen MR) is 79.1 cm³/mol. The molecule has 0 aliphatic rings. The molecule has 0 fully saturated rings. The molecule has 1 aromatic carbocycles. The van der Waals surface area contributed by atoms with Gasteiger partial charge in [-0.25, -0.2) is 0 Å². The molecule has 0 heterocycles. The first-order chi connectivity index (χ1) is 8.87. The molecule has 1 aromatic rings. The molecule has 1 unspecified atom stereocenters. The number of hydrogen-bond acceptors (Lipinski definition) is 3. The maximum Gasteiger partial charge on any atom is 0.0766 e. The molecule has 0 saturated heterocycles. The Kier molecular flexibility index (Phi) is 4.97. The summed E-state index contributed by atoms with van der Waals surface area (Å²) in [5.74, 6) is 0. The fraction of sp³-hybridized carbons (Fsp3) is 0.562. The number of aliphatic hydroxyl groups is 1. The lowest BCUT2D eigenvalue weighted by Gasteiger charge is -2.26. The van der Waals surface area contributed by atoms with E-state index in [0.29, 0.717) is 0 Å². The summed E-state index contributed by atoms with van der Waals surface area (Å²) < 4.78 is 0. The van der Waals surface area contributed by atoms with E-state index in [2.05, 4.69) is 25.2 Å². The van der Waals surface area contributed by atoms with E-state index in [1.165, 1.54) is 0 Å². The average Bonchev–Trinajstić information content (AvgIpc) is 2.45. The van der Waals surface area contributed by atoms with Crippen molar-refractivity contribution in [3.8, 4) is 6.07 Å². The molecule has 0 amide bonds. The van der Waals surface area contributed by atoms with Crippen LogP contribution in [0.3, 0.4) is 0 Å². The number of benzene rings is 1. The highest BCUT2D eigenvalue weighted by Crippen LogP contribution is 2.25. The number of anilines is 1. The number of aliphatic hydroxyl groups excluding tert-OH is 1. The molecular formula is C16H24N2O. The van der Waals surface area contributed by atoms with Crippen molar-refractivity contribution in [2.24, 2.45) is 5.41 Å². The van der Waals surface area contributed by atoms with Crippen molar-refractivity contribution in [1.29, 1.82) is 5.26 Å². The Hall–Kier alpha value is -1.53. The number of nitriles is 1. The van der Waals surface area contributed by atoms with E-state index < -0.39 is 5.41 Å². The summed E-state index contributed by atoms with van der Waals surface area (Å²) in [6.45, 7) is 8.88. The van der Waals surface area contributed by atoms with E-state index in [1.54, 1.807) is 0 Å². The molecule has 0 aliphatic carbocycles. The van der Waals surface area contributed by atoms with Gasteiger partial charge in [0.05, 0.1) is 18.1 Å². The lowest BCUT2D eigenvalue weighted by atomic mass is 9.86. The topological polar surface area (TPSA) is 56.0 Å². The molecule has 1 atom stereocenters. The van der Waals surface area contributed by atoms with E-state index >= 15 is 0 Å². The number of nitrogens with zero attached hydrogens (tertiary/aromatic N) is 1. The van der Waals surface area contributed by atoms with Gasteiger partial charge in [0.2, 0.25) is 0 Å². The first kappa shape index (κ1) is 15.5. The van der Waals surface area contributed by atoms with Gasteiger partial charge in [0.25, 0.3) is 0 Å². The van der Waals surface area contributed by atoms with Crippen molar-refractivity contribution >= 4 is 5.69 Å². The fourth-order valence-electron chi connectivity index (χ4n) is 1.68. The zero-order valence-electron chi connectivity index (χ0n) is 12.3. The molecule has 2 N–H and O–H groups in total. The summed E-state index contributed by atoms with van der Waals surface area (Å²) in [4.78, 5) is 0. The molecule has 0 radical (unpaired) electrons. The first-order valence-corrected chi connectivity index (χ1v) is 6.73. The van der Waals surface area contributed by atoms with Crippen LogP contribution in [0.4, 0.5) is 5.69 Å². The molecule has 19 heavy (non-hydrogen) atoms.